The van der Waals surface area contributed by atoms with Gasteiger partial charge < -0.3 is 10.0 Å². The van der Waals surface area contributed by atoms with Gasteiger partial charge in [0.1, 0.15) is 5.76 Å². The lowest BCUT2D eigenvalue weighted by Gasteiger charge is -2.24. The summed E-state index contributed by atoms with van der Waals surface area (Å²) in [5.74, 6) is -1.33. The van der Waals surface area contributed by atoms with Crippen molar-refractivity contribution >= 4 is 40.4 Å². The zero-order chi connectivity index (χ0) is 18.7. The van der Waals surface area contributed by atoms with Crippen LogP contribution in [0.1, 0.15) is 42.7 Å². The van der Waals surface area contributed by atoms with Crippen LogP contribution in [0.4, 0.5) is 0 Å². The minimum Gasteiger partial charge on any atom is -0.507 e. The van der Waals surface area contributed by atoms with E-state index in [2.05, 4.69) is 6.92 Å². The van der Waals surface area contributed by atoms with Gasteiger partial charge in [-0.05, 0) is 42.1 Å². The molecular weight excluding hydrogens is 370 g/mol. The number of amides is 1. The smallest absolute Gasteiger partial charge is 0.295 e. The summed E-state index contributed by atoms with van der Waals surface area (Å²) in [5.41, 5.74) is 0.624. The van der Waals surface area contributed by atoms with Crippen LogP contribution < -0.4 is 0 Å². The third-order valence-corrected chi connectivity index (χ3v) is 5.65. The molecule has 1 saturated heterocycles. The molecule has 1 aliphatic heterocycles. The highest BCUT2D eigenvalue weighted by molar-refractivity contribution is 7.10. The molecule has 1 aromatic carbocycles. The second kappa shape index (κ2) is 8.06. The lowest BCUT2D eigenvalue weighted by atomic mass is 10.00. The van der Waals surface area contributed by atoms with Crippen molar-refractivity contribution in [3.05, 3.63) is 62.8 Å². The van der Waals surface area contributed by atoms with E-state index in [1.54, 1.807) is 29.2 Å². The van der Waals surface area contributed by atoms with Crippen LogP contribution in [0.15, 0.2) is 47.4 Å². The summed E-state index contributed by atoms with van der Waals surface area (Å²) < 4.78 is 0. The number of hydrogen-bond acceptors (Lipinski definition) is 4. The summed E-state index contributed by atoms with van der Waals surface area (Å²) in [7, 11) is 0. The fraction of sp³-hybridized carbons (Fsp3) is 0.300. The van der Waals surface area contributed by atoms with Crippen molar-refractivity contribution in [3.8, 4) is 0 Å². The molecule has 3 rings (SSSR count). The number of benzene rings is 1. The molecule has 6 heteroatoms. The zero-order valence-electron chi connectivity index (χ0n) is 14.4. The first-order valence-electron chi connectivity index (χ1n) is 8.62. The van der Waals surface area contributed by atoms with Gasteiger partial charge in [-0.15, -0.1) is 11.3 Å². The molecule has 1 N–H and O–H groups in total. The van der Waals surface area contributed by atoms with E-state index in [0.717, 1.165) is 24.1 Å². The molecule has 1 aromatic heterocycles. The van der Waals surface area contributed by atoms with Crippen LogP contribution in [0, 0.1) is 0 Å². The minimum atomic E-state index is -0.632. The van der Waals surface area contributed by atoms with Crippen LogP contribution in [0.25, 0.3) is 5.76 Å². The maximum atomic E-state index is 12.7. The van der Waals surface area contributed by atoms with E-state index in [4.69, 9.17) is 11.6 Å². The van der Waals surface area contributed by atoms with Crippen LogP contribution in [0.3, 0.4) is 0 Å². The van der Waals surface area contributed by atoms with E-state index < -0.39 is 17.7 Å². The highest BCUT2D eigenvalue weighted by Crippen LogP contribution is 2.41. The summed E-state index contributed by atoms with van der Waals surface area (Å²) >= 11 is 7.38. The number of nitrogens with zero attached hydrogens (tertiary/aromatic N) is 1. The van der Waals surface area contributed by atoms with Crippen LogP contribution in [0.5, 0.6) is 0 Å². The third kappa shape index (κ3) is 3.55. The number of aliphatic hydroxyl groups is 1. The number of thiophene rings is 1. The van der Waals surface area contributed by atoms with Gasteiger partial charge in [0.25, 0.3) is 11.7 Å². The van der Waals surface area contributed by atoms with Crippen LogP contribution in [0.2, 0.25) is 5.02 Å². The van der Waals surface area contributed by atoms with Crippen LogP contribution in [-0.4, -0.2) is 28.2 Å². The van der Waals surface area contributed by atoms with E-state index in [0.29, 0.717) is 17.1 Å². The van der Waals surface area contributed by atoms with Gasteiger partial charge in [0, 0.05) is 22.0 Å². The van der Waals surface area contributed by atoms with Crippen molar-refractivity contribution in [1.29, 1.82) is 0 Å². The first-order chi connectivity index (χ1) is 12.5. The van der Waals surface area contributed by atoms with Crippen molar-refractivity contribution in [2.75, 3.05) is 6.54 Å². The normalized spacial score (nSPS) is 19.3. The zero-order valence-corrected chi connectivity index (χ0v) is 16.0. The van der Waals surface area contributed by atoms with Gasteiger partial charge in [-0.2, -0.15) is 0 Å². The first kappa shape index (κ1) is 18.7. The number of Topliss-reactive ketones (excluding diaryl/α,β-unsaturated/α-hetero) is 1. The fourth-order valence-electron chi connectivity index (χ4n) is 3.15. The predicted molar refractivity (Wildman–Crippen MR) is 104 cm³/mol. The molecule has 1 unspecified atom stereocenters. The second-order valence-corrected chi connectivity index (χ2v) is 7.64. The molecule has 0 saturated carbocycles. The number of hydrogen-bond donors (Lipinski definition) is 1. The average molecular weight is 390 g/mol. The molecule has 0 radical (unpaired) electrons. The molecule has 4 nitrogen and oxygen atoms in total. The Labute approximate surface area is 161 Å². The highest BCUT2D eigenvalue weighted by atomic mass is 35.5. The molecule has 0 spiro atoms. The number of likely N-dealkylation sites (tertiary alicyclic amines) is 1. The quantitative estimate of drug-likeness (QED) is 0.327. The van der Waals surface area contributed by atoms with Gasteiger partial charge in [-0.3, -0.25) is 9.59 Å². The monoisotopic (exact) mass is 389 g/mol. The summed E-state index contributed by atoms with van der Waals surface area (Å²) in [6.45, 7) is 2.59. The maximum absolute atomic E-state index is 12.7. The molecule has 1 aliphatic rings. The Morgan fingerprint density at radius 3 is 2.54 bits per heavy atom. The van der Waals surface area contributed by atoms with E-state index in [-0.39, 0.29) is 11.3 Å². The molecule has 1 atom stereocenters. The van der Waals surface area contributed by atoms with Crippen LogP contribution in [-0.2, 0) is 9.59 Å². The number of halogens is 1. The average Bonchev–Trinajstić information content (AvgIpc) is 3.24. The Morgan fingerprint density at radius 1 is 1.19 bits per heavy atom. The van der Waals surface area contributed by atoms with Gasteiger partial charge >= 0.3 is 0 Å². The molecule has 2 aromatic rings. The molecule has 26 heavy (non-hydrogen) atoms. The topological polar surface area (TPSA) is 57.6 Å². The summed E-state index contributed by atoms with van der Waals surface area (Å²) in [6, 6.07) is 9.82. The van der Waals surface area contributed by atoms with Crippen molar-refractivity contribution in [2.24, 2.45) is 0 Å². The van der Waals surface area contributed by atoms with E-state index in [1.807, 2.05) is 17.5 Å². The lowest BCUT2D eigenvalue weighted by Crippen LogP contribution is -2.30. The Balaban J connectivity index is 2.06. The molecule has 2 heterocycles. The predicted octanol–water partition coefficient (Wildman–Crippen LogP) is 5.01. The molecule has 136 valence electrons. The summed E-state index contributed by atoms with van der Waals surface area (Å²) in [5, 5.41) is 13.2. The molecule has 0 aliphatic carbocycles. The Bertz CT molecular complexity index is 827. The Kier molecular flexibility index (Phi) is 5.79. The highest BCUT2D eigenvalue weighted by Gasteiger charge is 2.46. The summed E-state index contributed by atoms with van der Waals surface area (Å²) in [4.78, 5) is 27.8. The van der Waals surface area contributed by atoms with Crippen molar-refractivity contribution in [2.45, 2.75) is 32.2 Å². The van der Waals surface area contributed by atoms with Gasteiger partial charge in [0.05, 0.1) is 11.6 Å². The van der Waals surface area contributed by atoms with Crippen molar-refractivity contribution in [3.63, 3.8) is 0 Å². The molecule has 1 amide bonds. The van der Waals surface area contributed by atoms with Gasteiger partial charge in [0.2, 0.25) is 0 Å². The lowest BCUT2D eigenvalue weighted by molar-refractivity contribution is -0.139. The number of rotatable bonds is 6. The summed E-state index contributed by atoms with van der Waals surface area (Å²) in [6.07, 6.45) is 2.84. The maximum Gasteiger partial charge on any atom is 0.295 e. The molecule has 0 bridgehead atoms. The number of unbranched alkanes of at least 4 members (excludes halogenated alkanes) is 2. The van der Waals surface area contributed by atoms with E-state index in [1.165, 1.54) is 11.3 Å². The standard InChI is InChI=1S/C20H20ClNO3S/c1-2-3-4-11-22-17(15-6-5-12-26-15)16(19(24)20(22)25)18(23)13-7-9-14(21)10-8-13/h5-10,12,17,23H,2-4,11H2,1H3/b18-16-. The van der Waals surface area contributed by atoms with Gasteiger partial charge in [0.15, 0.2) is 0 Å². The van der Waals surface area contributed by atoms with E-state index in [9.17, 15) is 14.7 Å². The largest absolute Gasteiger partial charge is 0.507 e. The minimum absolute atomic E-state index is 0.149. The first-order valence-corrected chi connectivity index (χ1v) is 9.88. The van der Waals surface area contributed by atoms with Crippen molar-refractivity contribution < 1.29 is 14.7 Å². The number of ketones is 1. The molecule has 1 fully saturated rings. The van der Waals surface area contributed by atoms with Crippen LogP contribution >= 0.6 is 22.9 Å². The number of carbonyl (C=O) groups is 2. The SMILES string of the molecule is CCCCCN1C(=O)C(=O)/C(=C(\O)c2ccc(Cl)cc2)C1c1cccs1. The fourth-order valence-corrected chi connectivity index (χ4v) is 4.12. The second-order valence-electron chi connectivity index (χ2n) is 6.22. The number of carbonyl (C=O) groups excluding carboxylic acids is 2. The Morgan fingerprint density at radius 2 is 1.92 bits per heavy atom. The van der Waals surface area contributed by atoms with Crippen molar-refractivity contribution in [1.82, 2.24) is 4.90 Å². The van der Waals surface area contributed by atoms with Gasteiger partial charge in [-0.1, -0.05) is 37.4 Å². The van der Waals surface area contributed by atoms with Gasteiger partial charge in [-0.25, -0.2) is 0 Å². The molecular formula is C20H20ClNO3S. The Hall–Kier alpha value is -2.11. The third-order valence-electron chi connectivity index (χ3n) is 4.47. The van der Waals surface area contributed by atoms with E-state index >= 15 is 0 Å². The number of aliphatic hydroxyl groups excluding tert-OH is 1.